The van der Waals surface area contributed by atoms with Gasteiger partial charge in [0, 0.05) is 11.9 Å². The Bertz CT molecular complexity index is 342. The molecule has 6 heteroatoms. The minimum absolute atomic E-state index is 0.0188. The molecule has 1 rings (SSSR count). The summed E-state index contributed by atoms with van der Waals surface area (Å²) >= 11 is 13.7. The van der Waals surface area contributed by atoms with Crippen LogP contribution in [0.1, 0.15) is 17.3 Å². The molecule has 0 saturated heterocycles. The van der Waals surface area contributed by atoms with Gasteiger partial charge in [0.25, 0.3) is 5.91 Å². The first-order valence-electron chi connectivity index (χ1n) is 3.86. The Balaban J connectivity index is 2.74. The number of nitrogens with one attached hydrogen (secondary N) is 1. The topological polar surface area (TPSA) is 29.1 Å². The van der Waals surface area contributed by atoms with Crippen LogP contribution < -0.4 is 5.32 Å². The summed E-state index contributed by atoms with van der Waals surface area (Å²) in [7, 11) is 0. The zero-order valence-electron chi connectivity index (χ0n) is 7.31. The van der Waals surface area contributed by atoms with E-state index in [1.165, 1.54) is 11.3 Å². The normalized spacial score (nSPS) is 12.6. The van der Waals surface area contributed by atoms with Crippen LogP contribution in [0.5, 0.6) is 0 Å². The lowest BCUT2D eigenvalue weighted by molar-refractivity contribution is 0.0943. The summed E-state index contributed by atoms with van der Waals surface area (Å²) in [5.41, 5.74) is 0.638. The van der Waals surface area contributed by atoms with E-state index in [-0.39, 0.29) is 11.9 Å². The number of hydrogen-bond donors (Lipinski definition) is 1. The molecular formula is C8H8Br2ClNOS. The van der Waals surface area contributed by atoms with Crippen molar-refractivity contribution in [1.29, 1.82) is 0 Å². The van der Waals surface area contributed by atoms with Gasteiger partial charge in [-0.05, 0) is 44.8 Å². The molecule has 1 heterocycles. The first-order chi connectivity index (χ1) is 6.54. The van der Waals surface area contributed by atoms with E-state index in [0.29, 0.717) is 11.4 Å². The molecule has 14 heavy (non-hydrogen) atoms. The lowest BCUT2D eigenvalue weighted by Crippen LogP contribution is -2.33. The van der Waals surface area contributed by atoms with E-state index >= 15 is 0 Å². The lowest BCUT2D eigenvalue weighted by Gasteiger charge is -2.09. The first-order valence-corrected chi connectivity index (χ1v) is 6.80. The summed E-state index contributed by atoms with van der Waals surface area (Å²) in [6.07, 6.45) is 0. The van der Waals surface area contributed by atoms with Gasteiger partial charge in [-0.25, -0.2) is 0 Å². The molecule has 78 valence electrons. The third-order valence-electron chi connectivity index (χ3n) is 1.51. The Morgan fingerprint density at radius 1 is 1.71 bits per heavy atom. The minimum atomic E-state index is -0.105. The van der Waals surface area contributed by atoms with E-state index in [4.69, 9.17) is 11.6 Å². The van der Waals surface area contributed by atoms with E-state index in [0.717, 1.165) is 7.57 Å². The highest BCUT2D eigenvalue weighted by molar-refractivity contribution is 9.12. The summed E-state index contributed by atoms with van der Waals surface area (Å²) < 4.78 is 1.75. The monoisotopic (exact) mass is 359 g/mol. The van der Waals surface area contributed by atoms with Gasteiger partial charge >= 0.3 is 0 Å². The van der Waals surface area contributed by atoms with E-state index in [1.807, 2.05) is 6.92 Å². The van der Waals surface area contributed by atoms with Crippen LogP contribution in [0.2, 0.25) is 0 Å². The molecule has 0 saturated carbocycles. The van der Waals surface area contributed by atoms with Crippen LogP contribution in [-0.2, 0) is 0 Å². The standard InChI is InChI=1S/C8H8Br2ClNOS/c1-4(3-11)12-8(13)5-2-6(9)14-7(5)10/h2,4H,3H2,1H3,(H,12,13). The van der Waals surface area contributed by atoms with Crippen LogP contribution >= 0.6 is 54.8 Å². The maximum atomic E-state index is 11.6. The highest BCUT2D eigenvalue weighted by Gasteiger charge is 2.14. The highest BCUT2D eigenvalue weighted by atomic mass is 79.9. The van der Waals surface area contributed by atoms with Gasteiger partial charge in [-0.2, -0.15) is 0 Å². The third kappa shape index (κ3) is 3.22. The number of rotatable bonds is 3. The molecule has 0 spiro atoms. The average Bonchev–Trinajstić information content (AvgIpc) is 2.45. The zero-order valence-corrected chi connectivity index (χ0v) is 12.1. The zero-order chi connectivity index (χ0) is 10.7. The molecule has 0 fully saturated rings. The van der Waals surface area contributed by atoms with Gasteiger partial charge in [0.05, 0.1) is 13.1 Å². The Labute approximate surface area is 108 Å². The number of amides is 1. The maximum absolute atomic E-state index is 11.6. The number of hydrogen-bond acceptors (Lipinski definition) is 2. The van der Waals surface area contributed by atoms with Crippen molar-refractivity contribution in [1.82, 2.24) is 5.32 Å². The fraction of sp³-hybridized carbons (Fsp3) is 0.375. The van der Waals surface area contributed by atoms with Crippen LogP contribution in [0.15, 0.2) is 13.6 Å². The molecule has 0 aliphatic heterocycles. The maximum Gasteiger partial charge on any atom is 0.253 e. The Hall–Kier alpha value is 0.420. The fourth-order valence-electron chi connectivity index (χ4n) is 0.835. The van der Waals surface area contributed by atoms with Crippen molar-refractivity contribution in [2.75, 3.05) is 5.88 Å². The second kappa shape index (κ2) is 5.49. The van der Waals surface area contributed by atoms with E-state index in [9.17, 15) is 4.79 Å². The minimum Gasteiger partial charge on any atom is -0.348 e. The summed E-state index contributed by atoms with van der Waals surface area (Å²) in [4.78, 5) is 11.6. The molecule has 1 amide bonds. The number of halogens is 3. The number of carbonyl (C=O) groups excluding carboxylic acids is 1. The van der Waals surface area contributed by atoms with Gasteiger partial charge in [0.15, 0.2) is 0 Å². The highest BCUT2D eigenvalue weighted by Crippen LogP contribution is 2.31. The predicted octanol–water partition coefficient (Wildman–Crippen LogP) is 3.63. The second-order valence-corrected chi connectivity index (χ2v) is 6.82. The van der Waals surface area contributed by atoms with Gasteiger partial charge in [-0.3, -0.25) is 4.79 Å². The van der Waals surface area contributed by atoms with Crippen LogP contribution in [0.25, 0.3) is 0 Å². The van der Waals surface area contributed by atoms with Crippen molar-refractivity contribution in [3.8, 4) is 0 Å². The van der Waals surface area contributed by atoms with E-state index in [1.54, 1.807) is 6.07 Å². The van der Waals surface area contributed by atoms with Gasteiger partial charge in [-0.1, -0.05) is 0 Å². The van der Waals surface area contributed by atoms with Gasteiger partial charge < -0.3 is 5.32 Å². The molecule has 2 nitrogen and oxygen atoms in total. The number of thiophene rings is 1. The molecule has 1 aromatic heterocycles. The summed E-state index contributed by atoms with van der Waals surface area (Å²) in [6, 6.07) is 1.76. The smallest absolute Gasteiger partial charge is 0.253 e. The SMILES string of the molecule is CC(CCl)NC(=O)c1cc(Br)sc1Br. The van der Waals surface area contributed by atoms with Crippen LogP contribution in [0, 0.1) is 0 Å². The lowest BCUT2D eigenvalue weighted by atomic mass is 10.3. The quantitative estimate of drug-likeness (QED) is 0.819. The molecule has 1 unspecified atom stereocenters. The van der Waals surface area contributed by atoms with Crippen molar-refractivity contribution < 1.29 is 4.79 Å². The first kappa shape index (κ1) is 12.5. The molecule has 0 aliphatic rings. The molecule has 0 aromatic carbocycles. The molecule has 0 aliphatic carbocycles. The Morgan fingerprint density at radius 2 is 2.36 bits per heavy atom. The van der Waals surface area contributed by atoms with Crippen LogP contribution in [-0.4, -0.2) is 17.8 Å². The van der Waals surface area contributed by atoms with E-state index < -0.39 is 0 Å². The molecule has 1 aromatic rings. The largest absolute Gasteiger partial charge is 0.348 e. The number of alkyl halides is 1. The van der Waals surface area contributed by atoms with Crippen molar-refractivity contribution in [3.63, 3.8) is 0 Å². The van der Waals surface area contributed by atoms with Crippen molar-refractivity contribution in [2.45, 2.75) is 13.0 Å². The Morgan fingerprint density at radius 3 is 2.79 bits per heavy atom. The summed E-state index contributed by atoms with van der Waals surface area (Å²) in [5.74, 6) is 0.307. The van der Waals surface area contributed by atoms with Crippen molar-refractivity contribution in [3.05, 3.63) is 19.2 Å². The fourth-order valence-corrected chi connectivity index (χ4v) is 3.71. The number of carbonyl (C=O) groups is 1. The van der Waals surface area contributed by atoms with Gasteiger partial charge in [0.2, 0.25) is 0 Å². The van der Waals surface area contributed by atoms with Gasteiger partial charge in [-0.15, -0.1) is 22.9 Å². The second-order valence-electron chi connectivity index (χ2n) is 2.77. The summed E-state index contributed by atoms with van der Waals surface area (Å²) in [6.45, 7) is 1.86. The molecule has 0 bridgehead atoms. The molecule has 0 radical (unpaired) electrons. The molecule has 1 N–H and O–H groups in total. The third-order valence-corrected chi connectivity index (χ3v) is 4.31. The van der Waals surface area contributed by atoms with Gasteiger partial charge in [0.1, 0.15) is 0 Å². The van der Waals surface area contributed by atoms with Crippen molar-refractivity contribution in [2.24, 2.45) is 0 Å². The molecular weight excluding hydrogens is 353 g/mol. The molecule has 1 atom stereocenters. The summed E-state index contributed by atoms with van der Waals surface area (Å²) in [5, 5.41) is 2.78. The van der Waals surface area contributed by atoms with Crippen LogP contribution in [0.4, 0.5) is 0 Å². The average molecular weight is 361 g/mol. The van der Waals surface area contributed by atoms with Crippen LogP contribution in [0.3, 0.4) is 0 Å². The Kier molecular flexibility index (Phi) is 4.90. The predicted molar refractivity (Wildman–Crippen MR) is 67.4 cm³/mol. The van der Waals surface area contributed by atoms with E-state index in [2.05, 4.69) is 37.2 Å². The van der Waals surface area contributed by atoms with Crippen molar-refractivity contribution >= 4 is 60.7 Å².